The summed E-state index contributed by atoms with van der Waals surface area (Å²) >= 11 is 3.26. The molecule has 0 aliphatic rings. The summed E-state index contributed by atoms with van der Waals surface area (Å²) in [5.41, 5.74) is 2.61. The highest BCUT2D eigenvalue weighted by molar-refractivity contribution is 9.10. The highest BCUT2D eigenvalue weighted by Crippen LogP contribution is 2.22. The number of rotatable bonds is 2. The van der Waals surface area contributed by atoms with Gasteiger partial charge in [-0.3, -0.25) is 4.79 Å². The molecule has 104 valence electrons. The van der Waals surface area contributed by atoms with Gasteiger partial charge in [-0.2, -0.15) is 0 Å². The Balaban J connectivity index is 2.11. The number of halogens is 1. The molecule has 1 N–H and O–H groups in total. The van der Waals surface area contributed by atoms with E-state index in [2.05, 4.69) is 47.0 Å². The Hall–Kier alpha value is -1.68. The van der Waals surface area contributed by atoms with Crippen LogP contribution in [0.3, 0.4) is 0 Å². The molecule has 2 rings (SSSR count). The normalized spacial score (nSPS) is 11.2. The van der Waals surface area contributed by atoms with Crippen LogP contribution in [-0.2, 0) is 5.41 Å². The van der Waals surface area contributed by atoms with E-state index in [4.69, 9.17) is 0 Å². The van der Waals surface area contributed by atoms with Crippen LogP contribution in [0, 0.1) is 0 Å². The standard InChI is InChI=1S/C16H17BrN2O/c1-16(2,3)12-6-4-11(5-7-12)15(20)19-13-8-9-14(17)18-10-13/h4-10H,1-3H3,(H,19,20). The molecule has 1 heterocycles. The fourth-order valence-electron chi connectivity index (χ4n) is 1.77. The average molecular weight is 333 g/mol. The Labute approximate surface area is 127 Å². The molecule has 0 radical (unpaired) electrons. The summed E-state index contributed by atoms with van der Waals surface area (Å²) in [6, 6.07) is 11.3. The lowest BCUT2D eigenvalue weighted by Gasteiger charge is -2.19. The lowest BCUT2D eigenvalue weighted by Crippen LogP contribution is -2.14. The first-order valence-electron chi connectivity index (χ1n) is 6.40. The molecular formula is C16H17BrN2O. The highest BCUT2D eigenvalue weighted by Gasteiger charge is 2.14. The molecule has 1 aromatic carbocycles. The van der Waals surface area contributed by atoms with E-state index in [1.54, 1.807) is 18.3 Å². The third kappa shape index (κ3) is 3.67. The van der Waals surface area contributed by atoms with Gasteiger partial charge in [-0.15, -0.1) is 0 Å². The summed E-state index contributed by atoms with van der Waals surface area (Å²) in [6.07, 6.45) is 1.62. The Bertz CT molecular complexity index is 598. The fourth-order valence-corrected chi connectivity index (χ4v) is 2.01. The largest absolute Gasteiger partial charge is 0.321 e. The van der Waals surface area contributed by atoms with Crippen molar-refractivity contribution in [2.75, 3.05) is 5.32 Å². The SMILES string of the molecule is CC(C)(C)c1ccc(C(=O)Nc2ccc(Br)nc2)cc1. The Morgan fingerprint density at radius 1 is 1.10 bits per heavy atom. The molecule has 20 heavy (non-hydrogen) atoms. The first-order valence-corrected chi connectivity index (χ1v) is 7.19. The van der Waals surface area contributed by atoms with Gasteiger partial charge in [0.05, 0.1) is 11.9 Å². The quantitative estimate of drug-likeness (QED) is 0.828. The van der Waals surface area contributed by atoms with Gasteiger partial charge in [0.1, 0.15) is 4.60 Å². The number of carbonyl (C=O) groups excluding carboxylic acids is 1. The Kier molecular flexibility index (Phi) is 4.23. The first-order chi connectivity index (χ1) is 9.36. The second kappa shape index (κ2) is 5.75. The van der Waals surface area contributed by atoms with E-state index in [9.17, 15) is 4.79 Å². The number of amides is 1. The van der Waals surface area contributed by atoms with E-state index in [1.807, 2.05) is 24.3 Å². The molecule has 0 aliphatic carbocycles. The van der Waals surface area contributed by atoms with Gasteiger partial charge in [0.2, 0.25) is 0 Å². The van der Waals surface area contributed by atoms with Gasteiger partial charge in [0, 0.05) is 5.56 Å². The monoisotopic (exact) mass is 332 g/mol. The predicted molar refractivity (Wildman–Crippen MR) is 85.0 cm³/mol. The van der Waals surface area contributed by atoms with Gasteiger partial charge in [-0.25, -0.2) is 4.98 Å². The number of benzene rings is 1. The smallest absolute Gasteiger partial charge is 0.255 e. The number of hydrogen-bond acceptors (Lipinski definition) is 2. The second-order valence-electron chi connectivity index (χ2n) is 5.65. The molecule has 0 unspecified atom stereocenters. The van der Waals surface area contributed by atoms with Crippen molar-refractivity contribution in [3.05, 3.63) is 58.3 Å². The molecule has 0 saturated heterocycles. The van der Waals surface area contributed by atoms with Crippen molar-refractivity contribution >= 4 is 27.5 Å². The zero-order valence-electron chi connectivity index (χ0n) is 11.8. The van der Waals surface area contributed by atoms with Crippen molar-refractivity contribution in [2.24, 2.45) is 0 Å². The summed E-state index contributed by atoms with van der Waals surface area (Å²) in [5, 5.41) is 2.82. The minimum atomic E-state index is -0.130. The van der Waals surface area contributed by atoms with Crippen LogP contribution >= 0.6 is 15.9 Å². The van der Waals surface area contributed by atoms with Crippen molar-refractivity contribution in [1.82, 2.24) is 4.98 Å². The van der Waals surface area contributed by atoms with Crippen LogP contribution < -0.4 is 5.32 Å². The van der Waals surface area contributed by atoms with Crippen LogP contribution in [0.2, 0.25) is 0 Å². The molecule has 0 atom stereocenters. The maximum atomic E-state index is 12.1. The van der Waals surface area contributed by atoms with Crippen LogP contribution in [-0.4, -0.2) is 10.9 Å². The summed E-state index contributed by atoms with van der Waals surface area (Å²) in [5.74, 6) is -0.130. The third-order valence-electron chi connectivity index (χ3n) is 3.00. The number of aromatic nitrogens is 1. The lowest BCUT2D eigenvalue weighted by molar-refractivity contribution is 0.102. The molecule has 4 heteroatoms. The van der Waals surface area contributed by atoms with E-state index >= 15 is 0 Å². The second-order valence-corrected chi connectivity index (χ2v) is 6.46. The Morgan fingerprint density at radius 3 is 2.25 bits per heavy atom. The molecule has 0 bridgehead atoms. The number of hydrogen-bond donors (Lipinski definition) is 1. The number of nitrogens with zero attached hydrogens (tertiary/aromatic N) is 1. The minimum absolute atomic E-state index is 0.0879. The summed E-state index contributed by atoms with van der Waals surface area (Å²) < 4.78 is 0.741. The van der Waals surface area contributed by atoms with Crippen molar-refractivity contribution in [1.29, 1.82) is 0 Å². The minimum Gasteiger partial charge on any atom is -0.321 e. The van der Waals surface area contributed by atoms with Gasteiger partial charge >= 0.3 is 0 Å². The van der Waals surface area contributed by atoms with Crippen molar-refractivity contribution in [3.8, 4) is 0 Å². The van der Waals surface area contributed by atoms with Crippen molar-refractivity contribution < 1.29 is 4.79 Å². The number of nitrogens with one attached hydrogen (secondary N) is 1. The van der Waals surface area contributed by atoms with Gasteiger partial charge < -0.3 is 5.32 Å². The maximum Gasteiger partial charge on any atom is 0.255 e. The molecule has 0 spiro atoms. The van der Waals surface area contributed by atoms with Crippen LogP contribution in [0.4, 0.5) is 5.69 Å². The zero-order valence-corrected chi connectivity index (χ0v) is 13.4. The molecule has 3 nitrogen and oxygen atoms in total. The fraction of sp³-hybridized carbons (Fsp3) is 0.250. The van der Waals surface area contributed by atoms with E-state index in [0.29, 0.717) is 11.3 Å². The third-order valence-corrected chi connectivity index (χ3v) is 3.47. The van der Waals surface area contributed by atoms with Crippen molar-refractivity contribution in [2.45, 2.75) is 26.2 Å². The number of anilines is 1. The average Bonchev–Trinajstić information content (AvgIpc) is 2.40. The Morgan fingerprint density at radius 2 is 1.75 bits per heavy atom. The molecular weight excluding hydrogens is 316 g/mol. The van der Waals surface area contributed by atoms with E-state index in [-0.39, 0.29) is 11.3 Å². The van der Waals surface area contributed by atoms with Crippen LogP contribution in [0.15, 0.2) is 47.2 Å². The maximum absolute atomic E-state index is 12.1. The van der Waals surface area contributed by atoms with E-state index in [0.717, 1.165) is 4.60 Å². The van der Waals surface area contributed by atoms with E-state index in [1.165, 1.54) is 5.56 Å². The summed E-state index contributed by atoms with van der Waals surface area (Å²) in [4.78, 5) is 16.2. The van der Waals surface area contributed by atoms with Gasteiger partial charge in [0.25, 0.3) is 5.91 Å². The van der Waals surface area contributed by atoms with E-state index < -0.39 is 0 Å². The molecule has 0 aliphatic heterocycles. The first kappa shape index (κ1) is 14.7. The summed E-state index contributed by atoms with van der Waals surface area (Å²) in [7, 11) is 0. The van der Waals surface area contributed by atoms with Gasteiger partial charge in [-0.1, -0.05) is 32.9 Å². The molecule has 1 amide bonds. The number of carbonyl (C=O) groups is 1. The van der Waals surface area contributed by atoms with Gasteiger partial charge in [-0.05, 0) is 51.2 Å². The topological polar surface area (TPSA) is 42.0 Å². The molecule has 2 aromatic rings. The molecule has 0 fully saturated rings. The molecule has 1 aromatic heterocycles. The van der Waals surface area contributed by atoms with Crippen LogP contribution in [0.1, 0.15) is 36.7 Å². The van der Waals surface area contributed by atoms with Crippen LogP contribution in [0.5, 0.6) is 0 Å². The van der Waals surface area contributed by atoms with Gasteiger partial charge in [0.15, 0.2) is 0 Å². The number of pyridine rings is 1. The zero-order chi connectivity index (χ0) is 14.8. The lowest BCUT2D eigenvalue weighted by atomic mass is 9.87. The molecule has 0 saturated carbocycles. The predicted octanol–water partition coefficient (Wildman–Crippen LogP) is 4.39. The van der Waals surface area contributed by atoms with Crippen LogP contribution in [0.25, 0.3) is 0 Å². The summed E-state index contributed by atoms with van der Waals surface area (Å²) in [6.45, 7) is 6.45. The highest BCUT2D eigenvalue weighted by atomic mass is 79.9. The van der Waals surface area contributed by atoms with Crippen molar-refractivity contribution in [3.63, 3.8) is 0 Å².